The van der Waals surface area contributed by atoms with Crippen molar-refractivity contribution in [1.29, 1.82) is 0 Å². The summed E-state index contributed by atoms with van der Waals surface area (Å²) in [5, 5.41) is 11.1. The number of hydrogen-bond acceptors (Lipinski definition) is 5. The second-order valence-electron chi connectivity index (χ2n) is 6.73. The summed E-state index contributed by atoms with van der Waals surface area (Å²) in [5.74, 6) is 0.347. The highest BCUT2D eigenvalue weighted by atomic mass is 19.4. The highest BCUT2D eigenvalue weighted by Crippen LogP contribution is 2.34. The first-order chi connectivity index (χ1) is 13.8. The minimum atomic E-state index is -4.48. The normalized spacial score (nSPS) is 15.3. The summed E-state index contributed by atoms with van der Waals surface area (Å²) in [5.41, 5.74) is -0.307. The number of non-ortho nitro benzene ring substituents is 1. The van der Waals surface area contributed by atoms with Crippen LogP contribution in [0.1, 0.15) is 17.5 Å². The highest BCUT2D eigenvalue weighted by Gasteiger charge is 2.30. The van der Waals surface area contributed by atoms with E-state index in [4.69, 9.17) is 9.47 Å². The lowest BCUT2D eigenvalue weighted by Gasteiger charge is -2.26. The van der Waals surface area contributed by atoms with Gasteiger partial charge in [0.1, 0.15) is 11.5 Å². The molecule has 29 heavy (non-hydrogen) atoms. The van der Waals surface area contributed by atoms with Crippen molar-refractivity contribution in [2.24, 2.45) is 0 Å². The van der Waals surface area contributed by atoms with Crippen LogP contribution in [0.5, 0.6) is 11.5 Å². The number of hydrogen-bond donors (Lipinski definition) is 0. The number of halogens is 3. The summed E-state index contributed by atoms with van der Waals surface area (Å²) in [6.07, 6.45) is -3.23. The molecule has 0 unspecified atom stereocenters. The van der Waals surface area contributed by atoms with E-state index in [0.717, 1.165) is 38.2 Å². The molecule has 1 aliphatic heterocycles. The van der Waals surface area contributed by atoms with Gasteiger partial charge in [0.2, 0.25) is 0 Å². The number of benzene rings is 2. The monoisotopic (exact) mass is 410 g/mol. The molecule has 0 spiro atoms. The third-order valence-electron chi connectivity index (χ3n) is 4.67. The van der Waals surface area contributed by atoms with Gasteiger partial charge in [0.25, 0.3) is 5.69 Å². The van der Waals surface area contributed by atoms with Gasteiger partial charge in [-0.2, -0.15) is 13.2 Å². The number of aryl methyl sites for hydroxylation is 1. The van der Waals surface area contributed by atoms with Gasteiger partial charge in [0.05, 0.1) is 23.7 Å². The fourth-order valence-corrected chi connectivity index (χ4v) is 3.16. The van der Waals surface area contributed by atoms with Gasteiger partial charge in [-0.05, 0) is 43.7 Å². The summed E-state index contributed by atoms with van der Waals surface area (Å²) in [6.45, 7) is 3.83. The standard InChI is InChI=1S/C20H21F3N2O4/c21-20(22,23)16-4-1-5-18(14-16)29-19-7-6-17(25(26)27)13-15(19)3-2-8-24-9-11-28-12-10-24/h1,4-7,13-14H,2-3,8-12H2. The van der Waals surface area contributed by atoms with E-state index in [2.05, 4.69) is 4.90 Å². The van der Waals surface area contributed by atoms with Crippen molar-refractivity contribution in [3.05, 3.63) is 63.7 Å². The average molecular weight is 410 g/mol. The van der Waals surface area contributed by atoms with Crippen LogP contribution in [0.25, 0.3) is 0 Å². The quantitative estimate of drug-likeness (QED) is 0.490. The minimum absolute atomic E-state index is 0.0307. The Morgan fingerprint density at radius 2 is 1.90 bits per heavy atom. The molecule has 1 saturated heterocycles. The Bertz CT molecular complexity index is 852. The number of nitro groups is 1. The van der Waals surface area contributed by atoms with E-state index in [0.29, 0.717) is 30.9 Å². The highest BCUT2D eigenvalue weighted by molar-refractivity contribution is 5.46. The molecule has 0 saturated carbocycles. The maximum absolute atomic E-state index is 12.9. The zero-order chi connectivity index (χ0) is 20.9. The van der Waals surface area contributed by atoms with Gasteiger partial charge in [-0.25, -0.2) is 0 Å². The van der Waals surface area contributed by atoms with E-state index in [-0.39, 0.29) is 11.4 Å². The largest absolute Gasteiger partial charge is 0.457 e. The van der Waals surface area contributed by atoms with Crippen LogP contribution in [0.4, 0.5) is 18.9 Å². The van der Waals surface area contributed by atoms with E-state index >= 15 is 0 Å². The second kappa shape index (κ2) is 9.23. The number of nitrogens with zero attached hydrogens (tertiary/aromatic N) is 2. The number of nitro benzene ring substituents is 1. The number of rotatable bonds is 7. The molecule has 1 heterocycles. The third-order valence-corrected chi connectivity index (χ3v) is 4.67. The molecular weight excluding hydrogens is 389 g/mol. The van der Waals surface area contributed by atoms with Crippen molar-refractivity contribution in [3.63, 3.8) is 0 Å². The Balaban J connectivity index is 1.75. The van der Waals surface area contributed by atoms with Crippen molar-refractivity contribution >= 4 is 5.69 Å². The summed E-state index contributed by atoms with van der Waals surface area (Å²) in [4.78, 5) is 12.9. The van der Waals surface area contributed by atoms with Crippen molar-refractivity contribution in [3.8, 4) is 11.5 Å². The van der Waals surface area contributed by atoms with E-state index in [1.807, 2.05) is 0 Å². The van der Waals surface area contributed by atoms with Gasteiger partial charge in [0, 0.05) is 30.8 Å². The van der Waals surface area contributed by atoms with Crippen molar-refractivity contribution < 1.29 is 27.6 Å². The molecule has 156 valence electrons. The van der Waals surface area contributed by atoms with Gasteiger partial charge in [-0.15, -0.1) is 0 Å². The Hall–Kier alpha value is -2.65. The van der Waals surface area contributed by atoms with Crippen molar-refractivity contribution in [1.82, 2.24) is 4.90 Å². The fraction of sp³-hybridized carbons (Fsp3) is 0.400. The molecule has 1 fully saturated rings. The molecule has 0 aliphatic carbocycles. The molecule has 2 aromatic carbocycles. The van der Waals surface area contributed by atoms with Crippen LogP contribution in [-0.4, -0.2) is 42.7 Å². The summed E-state index contributed by atoms with van der Waals surface area (Å²) >= 11 is 0. The summed E-state index contributed by atoms with van der Waals surface area (Å²) in [7, 11) is 0. The molecular formula is C20H21F3N2O4. The summed E-state index contributed by atoms with van der Waals surface area (Å²) in [6, 6.07) is 8.71. The van der Waals surface area contributed by atoms with Crippen LogP contribution in [-0.2, 0) is 17.3 Å². The lowest BCUT2D eigenvalue weighted by atomic mass is 10.1. The molecule has 9 heteroatoms. The van der Waals surface area contributed by atoms with E-state index in [1.165, 1.54) is 30.3 Å². The zero-order valence-electron chi connectivity index (χ0n) is 15.7. The molecule has 0 radical (unpaired) electrons. The van der Waals surface area contributed by atoms with E-state index < -0.39 is 16.7 Å². The molecule has 2 aromatic rings. The first-order valence-corrected chi connectivity index (χ1v) is 9.25. The minimum Gasteiger partial charge on any atom is -0.457 e. The Morgan fingerprint density at radius 1 is 1.14 bits per heavy atom. The van der Waals surface area contributed by atoms with E-state index in [1.54, 1.807) is 0 Å². The maximum atomic E-state index is 12.9. The Morgan fingerprint density at radius 3 is 2.59 bits per heavy atom. The second-order valence-corrected chi connectivity index (χ2v) is 6.73. The molecule has 0 bridgehead atoms. The molecule has 0 atom stereocenters. The topological polar surface area (TPSA) is 64.8 Å². The van der Waals surface area contributed by atoms with Crippen molar-refractivity contribution in [2.45, 2.75) is 19.0 Å². The lowest BCUT2D eigenvalue weighted by molar-refractivity contribution is -0.384. The number of ether oxygens (including phenoxy) is 2. The van der Waals surface area contributed by atoms with Crippen LogP contribution < -0.4 is 4.74 Å². The van der Waals surface area contributed by atoms with Gasteiger partial charge in [0.15, 0.2) is 0 Å². The fourth-order valence-electron chi connectivity index (χ4n) is 3.16. The lowest BCUT2D eigenvalue weighted by Crippen LogP contribution is -2.36. The van der Waals surface area contributed by atoms with E-state index in [9.17, 15) is 23.3 Å². The first kappa shape index (κ1) is 21.1. The molecule has 1 aliphatic rings. The van der Waals surface area contributed by atoms with Crippen LogP contribution in [0.2, 0.25) is 0 Å². The molecule has 0 aromatic heterocycles. The molecule has 0 N–H and O–H groups in total. The predicted molar refractivity (Wildman–Crippen MR) is 100 cm³/mol. The number of morpholine rings is 1. The third kappa shape index (κ3) is 5.91. The number of alkyl halides is 3. The molecule has 3 rings (SSSR count). The smallest absolute Gasteiger partial charge is 0.416 e. The zero-order valence-corrected chi connectivity index (χ0v) is 15.7. The van der Waals surface area contributed by atoms with Crippen LogP contribution in [0.15, 0.2) is 42.5 Å². The van der Waals surface area contributed by atoms with Gasteiger partial charge < -0.3 is 9.47 Å². The first-order valence-electron chi connectivity index (χ1n) is 9.25. The average Bonchev–Trinajstić information content (AvgIpc) is 2.69. The summed E-state index contributed by atoms with van der Waals surface area (Å²) < 4.78 is 49.8. The van der Waals surface area contributed by atoms with Gasteiger partial charge in [-0.3, -0.25) is 15.0 Å². The Kier molecular flexibility index (Phi) is 6.71. The van der Waals surface area contributed by atoms with Crippen LogP contribution in [0, 0.1) is 10.1 Å². The molecule has 0 amide bonds. The maximum Gasteiger partial charge on any atom is 0.416 e. The Labute approximate surface area is 166 Å². The van der Waals surface area contributed by atoms with Gasteiger partial charge >= 0.3 is 6.18 Å². The van der Waals surface area contributed by atoms with Crippen LogP contribution >= 0.6 is 0 Å². The van der Waals surface area contributed by atoms with Gasteiger partial charge in [-0.1, -0.05) is 6.07 Å². The predicted octanol–water partition coefficient (Wildman–Crippen LogP) is 4.67. The van der Waals surface area contributed by atoms with Crippen molar-refractivity contribution in [2.75, 3.05) is 32.8 Å². The SMILES string of the molecule is O=[N+]([O-])c1ccc(Oc2cccc(C(F)(F)F)c2)c(CCCN2CCOCC2)c1. The molecule has 6 nitrogen and oxygen atoms in total. The van der Waals surface area contributed by atoms with Crippen LogP contribution in [0.3, 0.4) is 0 Å².